The molecule has 0 aromatic heterocycles. The van der Waals surface area contributed by atoms with Crippen LogP contribution < -0.4 is 4.90 Å². The minimum absolute atomic E-state index is 0.777. The quantitative estimate of drug-likeness (QED) is 0.757. The summed E-state index contributed by atoms with van der Waals surface area (Å²) in [6.07, 6.45) is 2.74. The molecule has 0 bridgehead atoms. The molecular weight excluding hydrogens is 344 g/mol. The Morgan fingerprint density at radius 1 is 1.12 bits per heavy atom. The fourth-order valence-corrected chi connectivity index (χ4v) is 4.25. The molecule has 2 saturated heterocycles. The van der Waals surface area contributed by atoms with Crippen molar-refractivity contribution >= 4 is 37.5 Å². The maximum absolute atomic E-state index is 3.67. The van der Waals surface area contributed by atoms with Gasteiger partial charge in [0.2, 0.25) is 0 Å². The molecule has 92 valence electrons. The Hall–Kier alpha value is -0.0600. The zero-order valence-electron chi connectivity index (χ0n) is 9.70. The van der Waals surface area contributed by atoms with E-state index in [0.717, 1.165) is 17.1 Å². The number of anilines is 1. The van der Waals surface area contributed by atoms with Gasteiger partial charge in [-0.1, -0.05) is 15.9 Å². The lowest BCUT2D eigenvalue weighted by atomic mass is 10.1. The minimum Gasteiger partial charge on any atom is -0.368 e. The predicted molar refractivity (Wildman–Crippen MR) is 78.7 cm³/mol. The van der Waals surface area contributed by atoms with Crippen LogP contribution in [0.25, 0.3) is 0 Å². The van der Waals surface area contributed by atoms with Gasteiger partial charge < -0.3 is 4.90 Å². The molecule has 2 aliphatic heterocycles. The molecule has 2 heterocycles. The molecule has 1 aromatic rings. The van der Waals surface area contributed by atoms with E-state index in [-0.39, 0.29) is 0 Å². The molecule has 4 heteroatoms. The molecule has 3 rings (SSSR count). The number of hydrogen-bond donors (Lipinski definition) is 0. The van der Waals surface area contributed by atoms with E-state index in [0.29, 0.717) is 0 Å². The zero-order chi connectivity index (χ0) is 11.8. The highest BCUT2D eigenvalue weighted by molar-refractivity contribution is 9.11. The summed E-state index contributed by atoms with van der Waals surface area (Å²) in [7, 11) is 0. The van der Waals surface area contributed by atoms with Gasteiger partial charge in [0.05, 0.1) is 5.69 Å². The Kier molecular flexibility index (Phi) is 3.46. The van der Waals surface area contributed by atoms with Crippen LogP contribution in [0.3, 0.4) is 0 Å². The number of nitrogens with zero attached hydrogens (tertiary/aromatic N) is 2. The van der Waals surface area contributed by atoms with Crippen LogP contribution in [0.15, 0.2) is 27.1 Å². The van der Waals surface area contributed by atoms with Crippen molar-refractivity contribution in [3.63, 3.8) is 0 Å². The van der Waals surface area contributed by atoms with Crippen LogP contribution in [0.4, 0.5) is 5.69 Å². The van der Waals surface area contributed by atoms with Crippen molar-refractivity contribution in [1.82, 2.24) is 4.90 Å². The first-order valence-corrected chi connectivity index (χ1v) is 7.77. The van der Waals surface area contributed by atoms with E-state index in [1.165, 1.54) is 42.6 Å². The average molecular weight is 360 g/mol. The van der Waals surface area contributed by atoms with Crippen LogP contribution >= 0.6 is 31.9 Å². The van der Waals surface area contributed by atoms with Crippen molar-refractivity contribution in [2.45, 2.75) is 18.9 Å². The van der Waals surface area contributed by atoms with E-state index >= 15 is 0 Å². The summed E-state index contributed by atoms with van der Waals surface area (Å²) in [5.41, 5.74) is 1.33. The number of fused-ring (bicyclic) bond motifs is 1. The van der Waals surface area contributed by atoms with Crippen LogP contribution in [0, 0.1) is 0 Å². The highest BCUT2D eigenvalue weighted by atomic mass is 79.9. The molecule has 0 radical (unpaired) electrons. The highest BCUT2D eigenvalue weighted by Crippen LogP contribution is 2.32. The molecule has 17 heavy (non-hydrogen) atoms. The number of halogens is 2. The molecule has 2 nitrogen and oxygen atoms in total. The summed E-state index contributed by atoms with van der Waals surface area (Å²) in [5.74, 6) is 0. The normalized spacial score (nSPS) is 25.1. The Balaban J connectivity index is 1.80. The lowest BCUT2D eigenvalue weighted by molar-refractivity contribution is 0.231. The van der Waals surface area contributed by atoms with Crippen LogP contribution in [-0.4, -0.2) is 37.1 Å². The van der Waals surface area contributed by atoms with E-state index in [1.807, 2.05) is 0 Å². The molecule has 0 spiro atoms. The Morgan fingerprint density at radius 2 is 2.00 bits per heavy atom. The first-order valence-electron chi connectivity index (χ1n) is 6.18. The van der Waals surface area contributed by atoms with Gasteiger partial charge in [0.1, 0.15) is 0 Å². The smallest absolute Gasteiger partial charge is 0.0512 e. The number of rotatable bonds is 1. The van der Waals surface area contributed by atoms with Crippen LogP contribution in [0.5, 0.6) is 0 Å². The molecule has 1 unspecified atom stereocenters. The molecule has 2 fully saturated rings. The van der Waals surface area contributed by atoms with Crippen LogP contribution in [0.1, 0.15) is 12.8 Å². The maximum Gasteiger partial charge on any atom is 0.0512 e. The second kappa shape index (κ2) is 4.90. The standard InChI is InChI=1S/C13H16Br2N2/c14-10-3-4-13(12(15)8-10)17-7-6-16-5-1-2-11(16)9-17/h3-4,8,11H,1-2,5-7,9H2. The largest absolute Gasteiger partial charge is 0.368 e. The lowest BCUT2D eigenvalue weighted by Gasteiger charge is -2.39. The summed E-state index contributed by atoms with van der Waals surface area (Å²) in [6, 6.07) is 7.25. The topological polar surface area (TPSA) is 6.48 Å². The molecule has 0 amide bonds. The van der Waals surface area contributed by atoms with Gasteiger partial charge in [-0.15, -0.1) is 0 Å². The third-order valence-electron chi connectivity index (χ3n) is 3.84. The summed E-state index contributed by atoms with van der Waals surface area (Å²) < 4.78 is 2.32. The van der Waals surface area contributed by atoms with E-state index < -0.39 is 0 Å². The van der Waals surface area contributed by atoms with Gasteiger partial charge in [-0.25, -0.2) is 0 Å². The van der Waals surface area contributed by atoms with Gasteiger partial charge in [0, 0.05) is 34.6 Å². The Labute approximate surface area is 119 Å². The maximum atomic E-state index is 3.67. The van der Waals surface area contributed by atoms with Crippen molar-refractivity contribution in [3.8, 4) is 0 Å². The van der Waals surface area contributed by atoms with E-state index in [9.17, 15) is 0 Å². The first kappa shape index (κ1) is 12.0. The lowest BCUT2D eigenvalue weighted by Crippen LogP contribution is -2.50. The monoisotopic (exact) mass is 358 g/mol. The summed E-state index contributed by atoms with van der Waals surface area (Å²) in [4.78, 5) is 5.16. The summed E-state index contributed by atoms with van der Waals surface area (Å²) in [5, 5.41) is 0. The Morgan fingerprint density at radius 3 is 2.82 bits per heavy atom. The predicted octanol–water partition coefficient (Wildman–Crippen LogP) is 3.50. The molecule has 1 atom stereocenters. The third kappa shape index (κ3) is 2.40. The second-order valence-electron chi connectivity index (χ2n) is 4.87. The van der Waals surface area contributed by atoms with Gasteiger partial charge in [0.25, 0.3) is 0 Å². The molecule has 0 N–H and O–H groups in total. The molecular formula is C13H16Br2N2. The summed E-state index contributed by atoms with van der Waals surface area (Å²) in [6.45, 7) is 4.85. The molecule has 0 aliphatic carbocycles. The highest BCUT2D eigenvalue weighted by Gasteiger charge is 2.30. The van der Waals surface area contributed by atoms with Gasteiger partial charge in [-0.3, -0.25) is 4.90 Å². The van der Waals surface area contributed by atoms with Crippen LogP contribution in [0.2, 0.25) is 0 Å². The van der Waals surface area contributed by atoms with Crippen molar-refractivity contribution in [3.05, 3.63) is 27.1 Å². The minimum atomic E-state index is 0.777. The second-order valence-corrected chi connectivity index (χ2v) is 6.64. The summed E-state index contributed by atoms with van der Waals surface area (Å²) >= 11 is 7.18. The van der Waals surface area contributed by atoms with Crippen molar-refractivity contribution < 1.29 is 0 Å². The molecule has 2 aliphatic rings. The van der Waals surface area contributed by atoms with E-state index in [4.69, 9.17) is 0 Å². The van der Waals surface area contributed by atoms with Crippen molar-refractivity contribution in [2.24, 2.45) is 0 Å². The van der Waals surface area contributed by atoms with Gasteiger partial charge in [0.15, 0.2) is 0 Å². The van der Waals surface area contributed by atoms with Crippen molar-refractivity contribution in [2.75, 3.05) is 31.1 Å². The third-order valence-corrected chi connectivity index (χ3v) is 4.97. The SMILES string of the molecule is Brc1ccc(N2CCN3CCCC3C2)c(Br)c1. The van der Waals surface area contributed by atoms with E-state index in [2.05, 4.69) is 59.9 Å². The zero-order valence-corrected chi connectivity index (χ0v) is 12.9. The van der Waals surface area contributed by atoms with Gasteiger partial charge >= 0.3 is 0 Å². The number of piperazine rings is 1. The molecule has 1 aromatic carbocycles. The number of hydrogen-bond acceptors (Lipinski definition) is 2. The Bertz CT molecular complexity index is 422. The first-order chi connectivity index (χ1) is 8.24. The van der Waals surface area contributed by atoms with Crippen molar-refractivity contribution in [1.29, 1.82) is 0 Å². The fourth-order valence-electron chi connectivity index (χ4n) is 2.95. The molecule has 0 saturated carbocycles. The fraction of sp³-hybridized carbons (Fsp3) is 0.538. The van der Waals surface area contributed by atoms with Gasteiger partial charge in [-0.2, -0.15) is 0 Å². The van der Waals surface area contributed by atoms with Crippen LogP contribution in [-0.2, 0) is 0 Å². The van der Waals surface area contributed by atoms with E-state index in [1.54, 1.807) is 0 Å². The van der Waals surface area contributed by atoms with Gasteiger partial charge in [-0.05, 0) is 53.5 Å². The number of benzene rings is 1. The average Bonchev–Trinajstić information content (AvgIpc) is 2.75.